The van der Waals surface area contributed by atoms with Crippen LogP contribution in [0.4, 0.5) is 0 Å². The van der Waals surface area contributed by atoms with Crippen LogP contribution < -0.4 is 10.6 Å². The number of carbonyl (C=O) groups is 1. The van der Waals surface area contributed by atoms with E-state index in [1.165, 1.54) is 31.4 Å². The second kappa shape index (κ2) is 8.81. The largest absolute Gasteiger partial charge is 0.354 e. The van der Waals surface area contributed by atoms with Crippen molar-refractivity contribution in [2.24, 2.45) is 5.92 Å². The van der Waals surface area contributed by atoms with E-state index in [0.29, 0.717) is 18.1 Å². The Morgan fingerprint density at radius 3 is 2.48 bits per heavy atom. The van der Waals surface area contributed by atoms with Crippen LogP contribution in [0.25, 0.3) is 0 Å². The molecule has 1 amide bonds. The quantitative estimate of drug-likeness (QED) is 0.835. The number of hydrogen-bond acceptors (Lipinski definition) is 3. The van der Waals surface area contributed by atoms with Crippen molar-refractivity contribution < 1.29 is 4.79 Å². The summed E-state index contributed by atoms with van der Waals surface area (Å²) in [6.07, 6.45) is 5.87. The van der Waals surface area contributed by atoms with Crippen LogP contribution in [-0.4, -0.2) is 42.0 Å². The fraction of sp³-hybridized carbons (Fsp3) is 0.667. The molecule has 4 nitrogen and oxygen atoms in total. The number of amides is 1. The first-order valence-corrected chi connectivity index (χ1v) is 9.88. The maximum Gasteiger partial charge on any atom is 0.217 e. The van der Waals surface area contributed by atoms with Gasteiger partial charge < -0.3 is 10.6 Å². The lowest BCUT2D eigenvalue weighted by Gasteiger charge is -2.30. The molecule has 4 heteroatoms. The first-order chi connectivity index (χ1) is 12.1. The summed E-state index contributed by atoms with van der Waals surface area (Å²) in [4.78, 5) is 13.8. The van der Waals surface area contributed by atoms with Crippen LogP contribution in [-0.2, 0) is 11.3 Å². The van der Waals surface area contributed by atoms with E-state index in [2.05, 4.69) is 52.8 Å². The molecule has 1 aromatic carbocycles. The molecule has 2 fully saturated rings. The zero-order valence-electron chi connectivity index (χ0n) is 15.7. The standard InChI is InChI=1S/C21H33N3O/c1-16-12-19(15-24(16)14-18-6-4-3-5-7-18)13-22-20-8-10-21(11-9-20)23-17(2)25/h3-7,16,19-22H,8-15H2,1-2H3,(H,23,25)/t16-,19-,20?,21?/m1/s1. The molecule has 0 unspecified atom stereocenters. The van der Waals surface area contributed by atoms with Gasteiger partial charge in [-0.1, -0.05) is 30.3 Å². The molecule has 0 spiro atoms. The van der Waals surface area contributed by atoms with Crippen molar-refractivity contribution in [3.05, 3.63) is 35.9 Å². The van der Waals surface area contributed by atoms with Crippen LogP contribution in [0.2, 0.25) is 0 Å². The molecule has 2 N–H and O–H groups in total. The number of nitrogens with zero attached hydrogens (tertiary/aromatic N) is 1. The highest BCUT2D eigenvalue weighted by molar-refractivity contribution is 5.73. The van der Waals surface area contributed by atoms with Crippen LogP contribution in [0.3, 0.4) is 0 Å². The van der Waals surface area contributed by atoms with Gasteiger partial charge in [0, 0.05) is 38.1 Å². The predicted octanol–water partition coefficient (Wildman–Crippen LogP) is 2.93. The number of rotatable bonds is 6. The Morgan fingerprint density at radius 1 is 1.12 bits per heavy atom. The van der Waals surface area contributed by atoms with Crippen LogP contribution in [0.5, 0.6) is 0 Å². The van der Waals surface area contributed by atoms with Crippen molar-refractivity contribution in [2.75, 3.05) is 13.1 Å². The Labute approximate surface area is 152 Å². The van der Waals surface area contributed by atoms with Gasteiger partial charge in [-0.15, -0.1) is 0 Å². The minimum Gasteiger partial charge on any atom is -0.354 e. The molecule has 3 rings (SSSR count). The molecular weight excluding hydrogens is 310 g/mol. The molecular formula is C21H33N3O. The smallest absolute Gasteiger partial charge is 0.217 e. The van der Waals surface area contributed by atoms with Gasteiger partial charge in [0.1, 0.15) is 0 Å². The summed E-state index contributed by atoms with van der Waals surface area (Å²) in [5.74, 6) is 0.863. The Hall–Kier alpha value is -1.39. The first kappa shape index (κ1) is 18.4. The molecule has 1 saturated carbocycles. The molecule has 1 aliphatic carbocycles. The topological polar surface area (TPSA) is 44.4 Å². The van der Waals surface area contributed by atoms with E-state index in [0.717, 1.165) is 31.8 Å². The molecule has 1 heterocycles. The van der Waals surface area contributed by atoms with Crippen molar-refractivity contribution in [1.29, 1.82) is 0 Å². The molecule has 2 aliphatic rings. The summed E-state index contributed by atoms with van der Waals surface area (Å²) in [5.41, 5.74) is 1.42. The number of likely N-dealkylation sites (tertiary alicyclic amines) is 1. The van der Waals surface area contributed by atoms with E-state index in [-0.39, 0.29) is 5.91 Å². The Morgan fingerprint density at radius 2 is 1.80 bits per heavy atom. The van der Waals surface area contributed by atoms with Crippen LogP contribution in [0.15, 0.2) is 30.3 Å². The highest BCUT2D eigenvalue weighted by Crippen LogP contribution is 2.25. The molecule has 1 aromatic rings. The second-order valence-corrected chi connectivity index (χ2v) is 8.02. The maximum absolute atomic E-state index is 11.2. The third kappa shape index (κ3) is 5.55. The van der Waals surface area contributed by atoms with E-state index in [1.54, 1.807) is 6.92 Å². The average molecular weight is 344 g/mol. The van der Waals surface area contributed by atoms with E-state index in [1.807, 2.05) is 0 Å². The van der Waals surface area contributed by atoms with Gasteiger partial charge in [-0.2, -0.15) is 0 Å². The Kier molecular flexibility index (Phi) is 6.49. The first-order valence-electron chi connectivity index (χ1n) is 9.88. The summed E-state index contributed by atoms with van der Waals surface area (Å²) >= 11 is 0. The van der Waals surface area contributed by atoms with Crippen molar-refractivity contribution in [3.63, 3.8) is 0 Å². The van der Waals surface area contributed by atoms with Crippen molar-refractivity contribution in [1.82, 2.24) is 15.5 Å². The van der Waals surface area contributed by atoms with Gasteiger partial charge >= 0.3 is 0 Å². The molecule has 0 bridgehead atoms. The minimum absolute atomic E-state index is 0.106. The number of hydrogen-bond donors (Lipinski definition) is 2. The molecule has 0 aromatic heterocycles. The fourth-order valence-corrected chi connectivity index (χ4v) is 4.47. The molecule has 138 valence electrons. The number of carbonyl (C=O) groups excluding carboxylic acids is 1. The van der Waals surface area contributed by atoms with Crippen molar-refractivity contribution in [2.45, 2.75) is 70.6 Å². The zero-order valence-corrected chi connectivity index (χ0v) is 15.7. The van der Waals surface area contributed by atoms with Crippen LogP contribution in [0.1, 0.15) is 51.5 Å². The number of nitrogens with one attached hydrogen (secondary N) is 2. The lowest BCUT2D eigenvalue weighted by molar-refractivity contribution is -0.119. The lowest BCUT2D eigenvalue weighted by Crippen LogP contribution is -2.42. The summed E-state index contributed by atoms with van der Waals surface area (Å²) < 4.78 is 0. The van der Waals surface area contributed by atoms with Gasteiger partial charge in [0.15, 0.2) is 0 Å². The van der Waals surface area contributed by atoms with Crippen LogP contribution >= 0.6 is 0 Å². The van der Waals surface area contributed by atoms with Gasteiger partial charge in [0.25, 0.3) is 0 Å². The predicted molar refractivity (Wildman–Crippen MR) is 102 cm³/mol. The molecule has 25 heavy (non-hydrogen) atoms. The third-order valence-corrected chi connectivity index (χ3v) is 5.85. The summed E-state index contributed by atoms with van der Waals surface area (Å²) in [7, 11) is 0. The maximum atomic E-state index is 11.2. The summed E-state index contributed by atoms with van der Waals surface area (Å²) in [6, 6.07) is 12.5. The van der Waals surface area contributed by atoms with E-state index in [9.17, 15) is 4.79 Å². The fourth-order valence-electron chi connectivity index (χ4n) is 4.47. The minimum atomic E-state index is 0.106. The van der Waals surface area contributed by atoms with Crippen molar-refractivity contribution >= 4 is 5.91 Å². The normalized spacial score (nSPS) is 30.3. The zero-order chi connectivity index (χ0) is 17.6. The van der Waals surface area contributed by atoms with Gasteiger partial charge in [0.05, 0.1) is 0 Å². The monoisotopic (exact) mass is 343 g/mol. The third-order valence-electron chi connectivity index (χ3n) is 5.85. The Bertz CT molecular complexity index is 539. The molecule has 1 saturated heterocycles. The highest BCUT2D eigenvalue weighted by atomic mass is 16.1. The molecule has 2 atom stereocenters. The van der Waals surface area contributed by atoms with E-state index >= 15 is 0 Å². The SMILES string of the molecule is CC(=O)NC1CCC(NC[C@H]2C[C@@H](C)N(Cc3ccccc3)C2)CC1. The average Bonchev–Trinajstić information content (AvgIpc) is 2.94. The molecule has 1 aliphatic heterocycles. The second-order valence-electron chi connectivity index (χ2n) is 8.02. The Balaban J connectivity index is 1.38. The summed E-state index contributed by atoms with van der Waals surface area (Å²) in [6.45, 7) is 7.38. The highest BCUT2D eigenvalue weighted by Gasteiger charge is 2.29. The van der Waals surface area contributed by atoms with Gasteiger partial charge in [-0.05, 0) is 57.1 Å². The van der Waals surface area contributed by atoms with Gasteiger partial charge in [0.2, 0.25) is 5.91 Å². The lowest BCUT2D eigenvalue weighted by atomic mass is 9.90. The molecule has 0 radical (unpaired) electrons. The summed E-state index contributed by atoms with van der Waals surface area (Å²) in [5, 5.41) is 6.86. The van der Waals surface area contributed by atoms with Crippen LogP contribution in [0, 0.1) is 5.92 Å². The van der Waals surface area contributed by atoms with Gasteiger partial charge in [-0.3, -0.25) is 9.69 Å². The number of benzene rings is 1. The van der Waals surface area contributed by atoms with Gasteiger partial charge in [-0.25, -0.2) is 0 Å². The van der Waals surface area contributed by atoms with E-state index in [4.69, 9.17) is 0 Å². The van der Waals surface area contributed by atoms with E-state index < -0.39 is 0 Å². The van der Waals surface area contributed by atoms with Crippen molar-refractivity contribution in [3.8, 4) is 0 Å².